The molecule has 0 bridgehead atoms. The molecule has 4 rings (SSSR count). The molecule has 25 heavy (non-hydrogen) atoms. The molecule has 2 aliphatic rings. The van der Waals surface area contributed by atoms with E-state index >= 15 is 0 Å². The fourth-order valence-electron chi connectivity index (χ4n) is 4.01. The highest BCUT2D eigenvalue weighted by Crippen LogP contribution is 2.51. The average molecular weight is 339 g/mol. The molecule has 3 atom stereocenters. The predicted octanol–water partition coefficient (Wildman–Crippen LogP) is 3.73. The van der Waals surface area contributed by atoms with Crippen molar-refractivity contribution in [1.82, 2.24) is 0 Å². The number of benzene rings is 2. The van der Waals surface area contributed by atoms with Crippen LogP contribution in [0.5, 0.6) is 5.75 Å². The molecular formula is C20H21NO4. The summed E-state index contributed by atoms with van der Waals surface area (Å²) >= 11 is 0. The first kappa shape index (κ1) is 16.0. The number of methoxy groups -OCH3 is 2. The summed E-state index contributed by atoms with van der Waals surface area (Å²) in [6.07, 6.45) is 0.929. The predicted molar refractivity (Wildman–Crippen MR) is 93.9 cm³/mol. The largest absolute Gasteiger partial charge is 0.496 e. The molecule has 1 fully saturated rings. The third-order valence-corrected chi connectivity index (χ3v) is 5.15. The summed E-state index contributed by atoms with van der Waals surface area (Å²) in [4.78, 5) is 12.2. The number of anilines is 1. The van der Waals surface area contributed by atoms with Gasteiger partial charge in [-0.05, 0) is 18.6 Å². The Bertz CT molecular complexity index is 804. The minimum atomic E-state index is -0.348. The van der Waals surface area contributed by atoms with E-state index in [-0.39, 0.29) is 24.0 Å². The normalized spacial score (nSPS) is 24.0. The fraction of sp³-hybridized carbons (Fsp3) is 0.350. The number of hydrogen-bond donors (Lipinski definition) is 1. The lowest BCUT2D eigenvalue weighted by Gasteiger charge is -2.37. The van der Waals surface area contributed by atoms with Gasteiger partial charge in [-0.1, -0.05) is 30.3 Å². The summed E-state index contributed by atoms with van der Waals surface area (Å²) in [7, 11) is 3.08. The lowest BCUT2D eigenvalue weighted by Crippen LogP contribution is -2.30. The molecule has 0 radical (unpaired) electrons. The zero-order chi connectivity index (χ0) is 17.4. The molecule has 5 heteroatoms. The standard InChI is InChI=1S/C20H21NO4/c1-23-16-9-4-3-6-12(16)17-14-10-11-25-19(14)13-7-5-8-15(18(13)21-17)20(22)24-2/h3-9,14,17,19,21H,10-11H2,1-2H3/t14-,17+,19+/m1/s1. The molecule has 0 aromatic heterocycles. The molecule has 1 N–H and O–H groups in total. The minimum Gasteiger partial charge on any atom is -0.496 e. The van der Waals surface area contributed by atoms with E-state index in [0.29, 0.717) is 12.2 Å². The first-order valence-electron chi connectivity index (χ1n) is 8.47. The third-order valence-electron chi connectivity index (χ3n) is 5.15. The number of nitrogens with one attached hydrogen (secondary N) is 1. The Kier molecular flexibility index (Phi) is 4.09. The molecule has 0 aliphatic carbocycles. The van der Waals surface area contributed by atoms with Crippen molar-refractivity contribution >= 4 is 11.7 Å². The van der Waals surface area contributed by atoms with Gasteiger partial charge in [-0.15, -0.1) is 0 Å². The Balaban J connectivity index is 1.84. The highest BCUT2D eigenvalue weighted by Gasteiger charge is 2.43. The number of fused-ring (bicyclic) bond motifs is 3. The van der Waals surface area contributed by atoms with Crippen LogP contribution < -0.4 is 10.1 Å². The monoisotopic (exact) mass is 339 g/mol. The molecule has 2 aromatic carbocycles. The van der Waals surface area contributed by atoms with Gasteiger partial charge in [-0.3, -0.25) is 0 Å². The molecule has 130 valence electrons. The smallest absolute Gasteiger partial charge is 0.339 e. The molecule has 2 aliphatic heterocycles. The Hall–Kier alpha value is -2.53. The molecule has 0 amide bonds. The number of rotatable bonds is 3. The first-order valence-corrected chi connectivity index (χ1v) is 8.47. The maximum atomic E-state index is 12.2. The van der Waals surface area contributed by atoms with Gasteiger partial charge in [0.25, 0.3) is 0 Å². The van der Waals surface area contributed by atoms with Crippen molar-refractivity contribution in [3.8, 4) is 5.75 Å². The zero-order valence-corrected chi connectivity index (χ0v) is 14.3. The maximum absolute atomic E-state index is 12.2. The number of carbonyl (C=O) groups excluding carboxylic acids is 1. The van der Waals surface area contributed by atoms with Crippen molar-refractivity contribution in [1.29, 1.82) is 0 Å². The van der Waals surface area contributed by atoms with E-state index in [4.69, 9.17) is 14.2 Å². The van der Waals surface area contributed by atoms with Crippen LogP contribution in [-0.2, 0) is 9.47 Å². The van der Waals surface area contributed by atoms with Crippen molar-refractivity contribution in [3.63, 3.8) is 0 Å². The molecule has 5 nitrogen and oxygen atoms in total. The van der Waals surface area contributed by atoms with Crippen LogP contribution in [-0.4, -0.2) is 26.8 Å². The second-order valence-electron chi connectivity index (χ2n) is 6.37. The molecule has 0 spiro atoms. The lowest BCUT2D eigenvalue weighted by atomic mass is 9.80. The van der Waals surface area contributed by atoms with Gasteiger partial charge in [0.05, 0.1) is 37.6 Å². The highest BCUT2D eigenvalue weighted by atomic mass is 16.5. The van der Waals surface area contributed by atoms with Crippen molar-refractivity contribution in [2.45, 2.75) is 18.6 Å². The Morgan fingerprint density at radius 1 is 1.12 bits per heavy atom. The van der Waals surface area contributed by atoms with E-state index in [1.807, 2.05) is 30.3 Å². The van der Waals surface area contributed by atoms with Crippen molar-refractivity contribution in [2.75, 3.05) is 26.1 Å². The molecule has 2 heterocycles. The second kappa shape index (κ2) is 6.41. The minimum absolute atomic E-state index is 0.0157. The van der Waals surface area contributed by atoms with E-state index in [1.165, 1.54) is 7.11 Å². The Labute approximate surface area is 146 Å². The summed E-state index contributed by atoms with van der Waals surface area (Å²) < 4.78 is 16.6. The van der Waals surface area contributed by atoms with Gasteiger partial charge in [0, 0.05) is 23.7 Å². The number of esters is 1. The summed E-state index contributed by atoms with van der Waals surface area (Å²) in [5, 5.41) is 3.58. The summed E-state index contributed by atoms with van der Waals surface area (Å²) in [6.45, 7) is 0.713. The number of ether oxygens (including phenoxy) is 3. The van der Waals surface area contributed by atoms with Crippen LogP contribution in [0, 0.1) is 5.92 Å². The molecular weight excluding hydrogens is 318 g/mol. The van der Waals surface area contributed by atoms with Crippen LogP contribution >= 0.6 is 0 Å². The lowest BCUT2D eigenvalue weighted by molar-refractivity contribution is 0.0598. The number of para-hydroxylation sites is 2. The summed E-state index contributed by atoms with van der Waals surface area (Å²) in [6, 6.07) is 13.7. The first-order chi connectivity index (χ1) is 12.2. The van der Waals surface area contributed by atoms with E-state index in [9.17, 15) is 4.79 Å². The van der Waals surface area contributed by atoms with Crippen molar-refractivity contribution in [3.05, 3.63) is 59.2 Å². The van der Waals surface area contributed by atoms with Gasteiger partial charge in [-0.25, -0.2) is 4.79 Å². The van der Waals surface area contributed by atoms with Crippen LogP contribution in [0.15, 0.2) is 42.5 Å². The van der Waals surface area contributed by atoms with Crippen LogP contribution in [0.4, 0.5) is 5.69 Å². The summed E-state index contributed by atoms with van der Waals surface area (Å²) in [5.41, 5.74) is 3.44. The van der Waals surface area contributed by atoms with Gasteiger partial charge >= 0.3 is 5.97 Å². The van der Waals surface area contributed by atoms with E-state index in [0.717, 1.165) is 29.0 Å². The maximum Gasteiger partial charge on any atom is 0.339 e. The van der Waals surface area contributed by atoms with Gasteiger partial charge in [0.15, 0.2) is 0 Å². The van der Waals surface area contributed by atoms with Crippen LogP contribution in [0.25, 0.3) is 0 Å². The van der Waals surface area contributed by atoms with Crippen LogP contribution in [0.1, 0.15) is 40.1 Å². The van der Waals surface area contributed by atoms with Crippen molar-refractivity contribution in [2.24, 2.45) is 5.92 Å². The molecule has 2 aromatic rings. The van der Waals surface area contributed by atoms with E-state index < -0.39 is 0 Å². The van der Waals surface area contributed by atoms with E-state index in [2.05, 4.69) is 11.4 Å². The number of carbonyl (C=O) groups is 1. The van der Waals surface area contributed by atoms with E-state index in [1.54, 1.807) is 13.2 Å². The van der Waals surface area contributed by atoms with Gasteiger partial charge in [0.1, 0.15) is 5.75 Å². The van der Waals surface area contributed by atoms with Gasteiger partial charge in [-0.2, -0.15) is 0 Å². The van der Waals surface area contributed by atoms with Crippen LogP contribution in [0.3, 0.4) is 0 Å². The quantitative estimate of drug-likeness (QED) is 0.864. The zero-order valence-electron chi connectivity index (χ0n) is 14.3. The fourth-order valence-corrected chi connectivity index (χ4v) is 4.01. The molecule has 0 unspecified atom stereocenters. The average Bonchev–Trinajstić information content (AvgIpc) is 3.16. The van der Waals surface area contributed by atoms with Gasteiger partial charge < -0.3 is 19.5 Å². The summed E-state index contributed by atoms with van der Waals surface area (Å²) in [5.74, 6) is 0.779. The Morgan fingerprint density at radius 2 is 1.92 bits per heavy atom. The molecule has 0 saturated carbocycles. The van der Waals surface area contributed by atoms with Crippen molar-refractivity contribution < 1.29 is 19.0 Å². The highest BCUT2D eigenvalue weighted by molar-refractivity contribution is 5.97. The Morgan fingerprint density at radius 3 is 2.72 bits per heavy atom. The van der Waals surface area contributed by atoms with Gasteiger partial charge in [0.2, 0.25) is 0 Å². The molecule has 1 saturated heterocycles. The third kappa shape index (κ3) is 2.55. The second-order valence-corrected chi connectivity index (χ2v) is 6.37. The topological polar surface area (TPSA) is 56.8 Å². The number of hydrogen-bond acceptors (Lipinski definition) is 5. The SMILES string of the molecule is COC(=O)c1cccc2c1N[C@@H](c1ccccc1OC)[C@H]1CCO[C@@H]21. The van der Waals surface area contributed by atoms with Crippen LogP contribution in [0.2, 0.25) is 0 Å².